The second kappa shape index (κ2) is 7.98. The summed E-state index contributed by atoms with van der Waals surface area (Å²) in [6.45, 7) is 2.81. The normalized spacial score (nSPS) is 10.2. The molecule has 1 heterocycles. The first kappa shape index (κ1) is 18.7. The van der Waals surface area contributed by atoms with E-state index in [9.17, 15) is 14.4 Å². The molecule has 1 aromatic carbocycles. The quantitative estimate of drug-likeness (QED) is 0.741. The Morgan fingerprint density at radius 3 is 2.56 bits per heavy atom. The molecule has 0 radical (unpaired) electrons. The Morgan fingerprint density at radius 2 is 1.92 bits per heavy atom. The highest BCUT2D eigenvalue weighted by Crippen LogP contribution is 2.20. The number of aromatic amines is 1. The largest absolute Gasteiger partial charge is 0.465 e. The van der Waals surface area contributed by atoms with E-state index in [0.29, 0.717) is 16.9 Å². The lowest BCUT2D eigenvalue weighted by atomic mass is 10.1. The number of H-pyrrole nitrogens is 1. The molecule has 2 aromatic rings. The first-order valence-electron chi connectivity index (χ1n) is 7.33. The van der Waals surface area contributed by atoms with Gasteiger partial charge in [-0.1, -0.05) is 22.0 Å². The number of carbonyl (C=O) groups is 3. The van der Waals surface area contributed by atoms with Crippen LogP contribution in [0.1, 0.15) is 32.1 Å². The summed E-state index contributed by atoms with van der Waals surface area (Å²) in [5, 5.41) is 2.62. The van der Waals surface area contributed by atoms with E-state index in [1.807, 2.05) is 6.07 Å². The van der Waals surface area contributed by atoms with Gasteiger partial charge in [-0.15, -0.1) is 0 Å². The molecule has 7 nitrogen and oxygen atoms in total. The molecule has 1 amide bonds. The number of aromatic nitrogens is 1. The number of anilines is 1. The lowest BCUT2D eigenvalue weighted by Gasteiger charge is -2.07. The van der Waals surface area contributed by atoms with Crippen LogP contribution in [0.3, 0.4) is 0 Å². The number of hydrogen-bond donors (Lipinski definition) is 2. The zero-order chi connectivity index (χ0) is 18.6. The molecule has 0 saturated heterocycles. The Balaban J connectivity index is 2.01. The highest BCUT2D eigenvalue weighted by Gasteiger charge is 2.23. The minimum Gasteiger partial charge on any atom is -0.465 e. The number of aryl methyl sites for hydroxylation is 1. The van der Waals surface area contributed by atoms with Crippen LogP contribution in [0, 0.1) is 13.8 Å². The van der Waals surface area contributed by atoms with Crippen molar-refractivity contribution < 1.29 is 23.9 Å². The molecule has 0 atom stereocenters. The maximum Gasteiger partial charge on any atom is 0.355 e. The molecule has 8 heteroatoms. The zero-order valence-electron chi connectivity index (χ0n) is 13.9. The van der Waals surface area contributed by atoms with Gasteiger partial charge in [0, 0.05) is 15.9 Å². The van der Waals surface area contributed by atoms with Gasteiger partial charge in [0.15, 0.2) is 6.61 Å². The molecular formula is C17H17BrN2O5. The number of nitrogens with one attached hydrogen (secondary N) is 2. The highest BCUT2D eigenvalue weighted by atomic mass is 79.9. The highest BCUT2D eigenvalue weighted by molar-refractivity contribution is 9.10. The van der Waals surface area contributed by atoms with Crippen molar-refractivity contribution in [2.75, 3.05) is 19.0 Å². The van der Waals surface area contributed by atoms with Gasteiger partial charge in [-0.3, -0.25) is 4.79 Å². The van der Waals surface area contributed by atoms with Gasteiger partial charge in [-0.05, 0) is 37.6 Å². The van der Waals surface area contributed by atoms with Crippen LogP contribution < -0.4 is 5.32 Å². The van der Waals surface area contributed by atoms with Crippen molar-refractivity contribution in [3.05, 3.63) is 51.3 Å². The van der Waals surface area contributed by atoms with E-state index in [0.717, 1.165) is 4.47 Å². The maximum absolute atomic E-state index is 12.2. The van der Waals surface area contributed by atoms with E-state index in [-0.39, 0.29) is 11.3 Å². The number of halogens is 1. The minimum atomic E-state index is -0.722. The monoisotopic (exact) mass is 408 g/mol. The molecule has 0 aliphatic heterocycles. The van der Waals surface area contributed by atoms with Gasteiger partial charge >= 0.3 is 11.9 Å². The van der Waals surface area contributed by atoms with Crippen molar-refractivity contribution >= 4 is 39.5 Å². The predicted octanol–water partition coefficient (Wildman–Crippen LogP) is 2.98. The molecule has 132 valence electrons. The van der Waals surface area contributed by atoms with Crippen LogP contribution >= 0.6 is 15.9 Å². The molecule has 1 aromatic heterocycles. The number of rotatable bonds is 5. The number of carbonyl (C=O) groups excluding carboxylic acids is 3. The summed E-state index contributed by atoms with van der Waals surface area (Å²) in [5.41, 5.74) is 1.90. The van der Waals surface area contributed by atoms with Crippen LogP contribution in [0.25, 0.3) is 0 Å². The van der Waals surface area contributed by atoms with Crippen LogP contribution in [0.2, 0.25) is 0 Å². The minimum absolute atomic E-state index is 0.119. The lowest BCUT2D eigenvalue weighted by molar-refractivity contribution is -0.119. The first-order valence-corrected chi connectivity index (χ1v) is 8.12. The molecule has 0 bridgehead atoms. The second-order valence-electron chi connectivity index (χ2n) is 5.25. The van der Waals surface area contributed by atoms with Crippen LogP contribution in [-0.4, -0.2) is 36.5 Å². The Hall–Kier alpha value is -2.61. The molecule has 25 heavy (non-hydrogen) atoms. The van der Waals surface area contributed by atoms with Crippen LogP contribution in [0.4, 0.5) is 5.69 Å². The van der Waals surface area contributed by atoms with Crippen molar-refractivity contribution in [3.63, 3.8) is 0 Å². The lowest BCUT2D eigenvalue weighted by Crippen LogP contribution is -2.21. The fraction of sp³-hybridized carbons (Fsp3) is 0.235. The smallest absolute Gasteiger partial charge is 0.355 e. The fourth-order valence-electron chi connectivity index (χ4n) is 2.33. The van der Waals surface area contributed by atoms with Crippen molar-refractivity contribution in [2.24, 2.45) is 0 Å². The van der Waals surface area contributed by atoms with Gasteiger partial charge in [-0.25, -0.2) is 9.59 Å². The third kappa shape index (κ3) is 4.48. The molecule has 0 spiro atoms. The number of ether oxygens (including phenoxy) is 2. The Bertz CT molecular complexity index is 828. The second-order valence-corrected chi connectivity index (χ2v) is 6.17. The van der Waals surface area contributed by atoms with E-state index in [1.54, 1.807) is 32.0 Å². The molecule has 0 aliphatic rings. The third-order valence-electron chi connectivity index (χ3n) is 3.47. The van der Waals surface area contributed by atoms with Crippen molar-refractivity contribution in [2.45, 2.75) is 13.8 Å². The molecule has 0 fully saturated rings. The van der Waals surface area contributed by atoms with E-state index in [2.05, 4.69) is 31.0 Å². The fourth-order valence-corrected chi connectivity index (χ4v) is 2.73. The van der Waals surface area contributed by atoms with Crippen molar-refractivity contribution in [3.8, 4) is 0 Å². The number of esters is 2. The topological polar surface area (TPSA) is 97.5 Å². The average molecular weight is 409 g/mol. The molecule has 0 aliphatic carbocycles. The van der Waals surface area contributed by atoms with Gasteiger partial charge in [0.1, 0.15) is 5.69 Å². The summed E-state index contributed by atoms with van der Waals surface area (Å²) in [5.74, 6) is -1.74. The van der Waals surface area contributed by atoms with Gasteiger partial charge in [0.05, 0.1) is 12.7 Å². The summed E-state index contributed by atoms with van der Waals surface area (Å²) in [6.07, 6.45) is 0. The number of amides is 1. The van der Waals surface area contributed by atoms with Crippen LogP contribution in [0.15, 0.2) is 28.7 Å². The summed E-state index contributed by atoms with van der Waals surface area (Å²) >= 11 is 3.30. The molecule has 2 N–H and O–H groups in total. The zero-order valence-corrected chi connectivity index (χ0v) is 15.5. The number of methoxy groups -OCH3 is 1. The first-order chi connectivity index (χ1) is 11.8. The SMILES string of the molecule is COC(=O)c1c(C)[nH]c(C(=O)OCC(=O)Nc2cccc(Br)c2)c1C. The number of hydrogen-bond acceptors (Lipinski definition) is 5. The summed E-state index contributed by atoms with van der Waals surface area (Å²) in [6, 6.07) is 7.03. The van der Waals surface area contributed by atoms with Gasteiger partial charge in [0.25, 0.3) is 5.91 Å². The summed E-state index contributed by atoms with van der Waals surface area (Å²) in [7, 11) is 1.26. The number of benzene rings is 1. The molecule has 0 saturated carbocycles. The van der Waals surface area contributed by atoms with E-state index < -0.39 is 24.5 Å². The third-order valence-corrected chi connectivity index (χ3v) is 3.97. The Labute approximate surface area is 152 Å². The van der Waals surface area contributed by atoms with Gasteiger partial charge in [0.2, 0.25) is 0 Å². The van der Waals surface area contributed by atoms with Crippen LogP contribution in [-0.2, 0) is 14.3 Å². The Morgan fingerprint density at radius 1 is 1.20 bits per heavy atom. The standard InChI is InChI=1S/C17H17BrN2O5/c1-9-14(16(22)24-3)10(2)19-15(9)17(23)25-8-13(21)20-12-6-4-5-11(18)7-12/h4-7,19H,8H2,1-3H3,(H,20,21). The van der Waals surface area contributed by atoms with Crippen LogP contribution in [0.5, 0.6) is 0 Å². The Kier molecular flexibility index (Phi) is 5.97. The van der Waals surface area contributed by atoms with Crippen molar-refractivity contribution in [1.82, 2.24) is 4.98 Å². The van der Waals surface area contributed by atoms with Gasteiger partial charge in [-0.2, -0.15) is 0 Å². The molecule has 0 unspecified atom stereocenters. The molecule has 2 rings (SSSR count). The van der Waals surface area contributed by atoms with Gasteiger partial charge < -0.3 is 19.8 Å². The van der Waals surface area contributed by atoms with E-state index >= 15 is 0 Å². The summed E-state index contributed by atoms with van der Waals surface area (Å²) < 4.78 is 10.5. The van der Waals surface area contributed by atoms with E-state index in [4.69, 9.17) is 4.74 Å². The summed E-state index contributed by atoms with van der Waals surface area (Å²) in [4.78, 5) is 38.6. The average Bonchev–Trinajstić information content (AvgIpc) is 2.86. The molecular weight excluding hydrogens is 392 g/mol. The maximum atomic E-state index is 12.2. The van der Waals surface area contributed by atoms with Crippen molar-refractivity contribution in [1.29, 1.82) is 0 Å². The van der Waals surface area contributed by atoms with E-state index in [1.165, 1.54) is 7.11 Å². The predicted molar refractivity (Wildman–Crippen MR) is 94.7 cm³/mol.